The minimum Gasteiger partial charge on any atom is -0.495 e. The lowest BCUT2D eigenvalue weighted by atomic mass is 9.83. The number of benzene rings is 2. The number of hydrogen-bond donors (Lipinski definition) is 1. The lowest BCUT2D eigenvalue weighted by Crippen LogP contribution is -2.08. The summed E-state index contributed by atoms with van der Waals surface area (Å²) in [6.07, 6.45) is 0.891. The number of nitrogens with one attached hydrogen (secondary N) is 1. The van der Waals surface area contributed by atoms with Crippen LogP contribution in [0.5, 0.6) is 11.5 Å². The molecule has 5 nitrogen and oxygen atoms in total. The normalized spacial score (nSPS) is 15.1. The van der Waals surface area contributed by atoms with Gasteiger partial charge in [0, 0.05) is 11.1 Å². The molecule has 1 aromatic heterocycles. The molecule has 0 bridgehead atoms. The molecule has 1 atom stereocenters. The van der Waals surface area contributed by atoms with Crippen LogP contribution < -0.4 is 14.2 Å². The van der Waals surface area contributed by atoms with E-state index in [0.29, 0.717) is 5.92 Å². The van der Waals surface area contributed by atoms with Crippen LogP contribution in [0.25, 0.3) is 11.3 Å². The number of methoxy groups -OCH3 is 2. The summed E-state index contributed by atoms with van der Waals surface area (Å²) >= 11 is 1.41. The molecule has 6 heteroatoms. The molecule has 0 radical (unpaired) electrons. The number of nitrogens with zero attached hydrogens (tertiary/aromatic N) is 1. The third kappa shape index (κ3) is 2.80. The van der Waals surface area contributed by atoms with Crippen LogP contribution in [0, 0.1) is 0 Å². The summed E-state index contributed by atoms with van der Waals surface area (Å²) in [5.74, 6) is 3.52. The zero-order valence-electron chi connectivity index (χ0n) is 14.9. The standard InChI is InChI=1S/C20H20N2O3S/c1-12-11-15-18(14-8-5-4-7-13(12)14)25-21-20(15)22-26-19-16(23-2)9-6-10-17(19)24-3/h4-10,12H,11H2,1-3H3,(H,21,22). The summed E-state index contributed by atoms with van der Waals surface area (Å²) in [4.78, 5) is 0.874. The van der Waals surface area contributed by atoms with Gasteiger partial charge in [-0.3, -0.25) is 0 Å². The minimum atomic E-state index is 0.421. The Labute approximate surface area is 156 Å². The predicted octanol–water partition coefficient (Wildman–Crippen LogP) is 5.14. The van der Waals surface area contributed by atoms with Crippen molar-refractivity contribution < 1.29 is 14.0 Å². The molecule has 1 unspecified atom stereocenters. The Morgan fingerprint density at radius 2 is 1.81 bits per heavy atom. The van der Waals surface area contributed by atoms with Crippen LogP contribution in [0.15, 0.2) is 51.9 Å². The first kappa shape index (κ1) is 16.8. The molecular weight excluding hydrogens is 348 g/mol. The number of rotatable bonds is 5. The summed E-state index contributed by atoms with van der Waals surface area (Å²) in [7, 11) is 3.30. The van der Waals surface area contributed by atoms with Crippen LogP contribution in [-0.2, 0) is 6.42 Å². The molecule has 2 aromatic carbocycles. The minimum absolute atomic E-state index is 0.421. The summed E-state index contributed by atoms with van der Waals surface area (Å²) in [5, 5.41) is 4.27. The number of hydrogen-bond acceptors (Lipinski definition) is 6. The molecule has 0 spiro atoms. The largest absolute Gasteiger partial charge is 0.495 e. The molecule has 26 heavy (non-hydrogen) atoms. The molecule has 0 aliphatic heterocycles. The van der Waals surface area contributed by atoms with Crippen LogP contribution in [0.1, 0.15) is 24.0 Å². The van der Waals surface area contributed by atoms with Crippen LogP contribution >= 0.6 is 11.9 Å². The lowest BCUT2D eigenvalue weighted by molar-refractivity contribution is 0.376. The Balaban J connectivity index is 1.64. The van der Waals surface area contributed by atoms with Gasteiger partial charge in [-0.25, -0.2) is 0 Å². The van der Waals surface area contributed by atoms with Gasteiger partial charge in [-0.1, -0.05) is 42.4 Å². The van der Waals surface area contributed by atoms with E-state index in [1.54, 1.807) is 14.2 Å². The van der Waals surface area contributed by atoms with Gasteiger partial charge in [0.15, 0.2) is 11.6 Å². The number of anilines is 1. The van der Waals surface area contributed by atoms with Crippen LogP contribution in [-0.4, -0.2) is 19.4 Å². The van der Waals surface area contributed by atoms with E-state index in [9.17, 15) is 0 Å². The monoisotopic (exact) mass is 368 g/mol. The van der Waals surface area contributed by atoms with Crippen molar-refractivity contribution in [2.45, 2.75) is 24.2 Å². The SMILES string of the molecule is COc1cccc(OC)c1SNc1noc2c1CC(C)c1ccccc1-2. The summed E-state index contributed by atoms with van der Waals surface area (Å²) in [6, 6.07) is 14.1. The van der Waals surface area contributed by atoms with E-state index in [0.717, 1.165) is 45.5 Å². The van der Waals surface area contributed by atoms with E-state index in [4.69, 9.17) is 14.0 Å². The Morgan fingerprint density at radius 1 is 1.08 bits per heavy atom. The fraction of sp³-hybridized carbons (Fsp3) is 0.250. The number of aromatic nitrogens is 1. The maximum Gasteiger partial charge on any atom is 0.183 e. The van der Waals surface area contributed by atoms with Crippen LogP contribution in [0.4, 0.5) is 5.82 Å². The zero-order valence-corrected chi connectivity index (χ0v) is 15.7. The Bertz CT molecular complexity index is 916. The average Bonchev–Trinajstić information content (AvgIpc) is 3.09. The molecule has 0 saturated carbocycles. The highest BCUT2D eigenvalue weighted by atomic mass is 32.2. The quantitative estimate of drug-likeness (QED) is 0.630. The predicted molar refractivity (Wildman–Crippen MR) is 103 cm³/mol. The molecule has 0 amide bonds. The number of ether oxygens (including phenoxy) is 2. The molecule has 1 aliphatic carbocycles. The topological polar surface area (TPSA) is 56.5 Å². The third-order valence-corrected chi connectivity index (χ3v) is 5.57. The smallest absolute Gasteiger partial charge is 0.183 e. The Morgan fingerprint density at radius 3 is 2.54 bits per heavy atom. The van der Waals surface area contributed by atoms with Crippen LogP contribution in [0.2, 0.25) is 0 Å². The molecule has 1 aliphatic rings. The second-order valence-corrected chi connectivity index (χ2v) is 7.04. The van der Waals surface area contributed by atoms with E-state index in [1.807, 2.05) is 24.3 Å². The Hall–Kier alpha value is -2.60. The van der Waals surface area contributed by atoms with E-state index in [1.165, 1.54) is 17.5 Å². The lowest BCUT2D eigenvalue weighted by Gasteiger charge is -2.21. The van der Waals surface area contributed by atoms with Gasteiger partial charge >= 0.3 is 0 Å². The first-order valence-electron chi connectivity index (χ1n) is 8.44. The second kappa shape index (κ2) is 6.96. The highest BCUT2D eigenvalue weighted by Gasteiger charge is 2.28. The third-order valence-electron chi connectivity index (χ3n) is 4.67. The first-order valence-corrected chi connectivity index (χ1v) is 9.26. The summed E-state index contributed by atoms with van der Waals surface area (Å²) in [5.41, 5.74) is 3.54. The Kier molecular flexibility index (Phi) is 4.51. The van der Waals surface area contributed by atoms with Gasteiger partial charge < -0.3 is 18.7 Å². The van der Waals surface area contributed by atoms with Crippen molar-refractivity contribution in [3.05, 3.63) is 53.6 Å². The van der Waals surface area contributed by atoms with Gasteiger partial charge in [0.25, 0.3) is 0 Å². The average molecular weight is 368 g/mol. The van der Waals surface area contributed by atoms with Gasteiger partial charge in [0.2, 0.25) is 0 Å². The second-order valence-electron chi connectivity index (χ2n) is 6.23. The summed E-state index contributed by atoms with van der Waals surface area (Å²) < 4.78 is 19.9. The van der Waals surface area contributed by atoms with Crippen LogP contribution in [0.3, 0.4) is 0 Å². The summed E-state index contributed by atoms with van der Waals surface area (Å²) in [6.45, 7) is 2.23. The van der Waals surface area contributed by atoms with E-state index >= 15 is 0 Å². The van der Waals surface area contributed by atoms with Crippen molar-refractivity contribution in [1.29, 1.82) is 0 Å². The molecule has 0 saturated heterocycles. The van der Waals surface area contributed by atoms with E-state index in [2.05, 4.69) is 35.0 Å². The number of fused-ring (bicyclic) bond motifs is 3. The van der Waals surface area contributed by atoms with Crippen molar-refractivity contribution >= 4 is 17.8 Å². The van der Waals surface area contributed by atoms with Gasteiger partial charge in [0.05, 0.1) is 14.2 Å². The van der Waals surface area contributed by atoms with Gasteiger partial charge in [0.1, 0.15) is 16.4 Å². The van der Waals surface area contributed by atoms with Crippen molar-refractivity contribution in [1.82, 2.24) is 5.16 Å². The molecule has 1 N–H and O–H groups in total. The zero-order chi connectivity index (χ0) is 18.1. The molecule has 134 valence electrons. The van der Waals surface area contributed by atoms with Crippen molar-refractivity contribution in [2.75, 3.05) is 18.9 Å². The molecular formula is C20H20N2O3S. The van der Waals surface area contributed by atoms with Crippen molar-refractivity contribution in [3.8, 4) is 22.8 Å². The van der Waals surface area contributed by atoms with E-state index in [-0.39, 0.29) is 0 Å². The highest BCUT2D eigenvalue weighted by Crippen LogP contribution is 2.44. The fourth-order valence-electron chi connectivity index (χ4n) is 3.36. The maximum absolute atomic E-state index is 5.68. The molecule has 0 fully saturated rings. The molecule has 1 heterocycles. The fourth-order valence-corrected chi connectivity index (χ4v) is 4.22. The maximum atomic E-state index is 5.68. The van der Waals surface area contributed by atoms with E-state index < -0.39 is 0 Å². The highest BCUT2D eigenvalue weighted by molar-refractivity contribution is 8.00. The van der Waals surface area contributed by atoms with Gasteiger partial charge in [-0.05, 0) is 42.0 Å². The van der Waals surface area contributed by atoms with Crippen molar-refractivity contribution in [3.63, 3.8) is 0 Å². The van der Waals surface area contributed by atoms with Crippen molar-refractivity contribution in [2.24, 2.45) is 0 Å². The van der Waals surface area contributed by atoms with Gasteiger partial charge in [-0.2, -0.15) is 0 Å². The first-order chi connectivity index (χ1) is 12.7. The molecule has 4 rings (SSSR count). The molecule has 3 aromatic rings. The van der Waals surface area contributed by atoms with Gasteiger partial charge in [-0.15, -0.1) is 0 Å².